The van der Waals surface area contributed by atoms with Gasteiger partial charge >= 0.3 is 6.09 Å². The van der Waals surface area contributed by atoms with Crippen LogP contribution in [0.25, 0.3) is 0 Å². The average Bonchev–Trinajstić information content (AvgIpc) is 2.73. The second-order valence-corrected chi connectivity index (χ2v) is 6.19. The van der Waals surface area contributed by atoms with E-state index in [0.717, 1.165) is 17.9 Å². The molecule has 1 atom stereocenters. The largest absolute Gasteiger partial charge is 0.469 e. The predicted octanol–water partition coefficient (Wildman–Crippen LogP) is 1.87. The number of carbonyl (C=O) groups excluding carboxylic acids is 1. The summed E-state index contributed by atoms with van der Waals surface area (Å²) in [5.41, 5.74) is 6.42. The van der Waals surface area contributed by atoms with Crippen molar-refractivity contribution in [2.45, 2.75) is 45.9 Å². The summed E-state index contributed by atoms with van der Waals surface area (Å²) >= 11 is 0. The lowest BCUT2D eigenvalue weighted by atomic mass is 10.2. The number of amides is 1. The number of aryl methyl sites for hydroxylation is 1. The quantitative estimate of drug-likeness (QED) is 0.838. The Labute approximate surface area is 126 Å². The highest BCUT2D eigenvalue weighted by molar-refractivity contribution is 5.67. The molecule has 120 valence electrons. The summed E-state index contributed by atoms with van der Waals surface area (Å²) in [5.74, 6) is 0.901. The van der Waals surface area contributed by atoms with E-state index in [1.165, 1.54) is 0 Å². The summed E-state index contributed by atoms with van der Waals surface area (Å²) in [7, 11) is 1.97. The Bertz CT molecular complexity index is 451. The number of hydrogen-bond donors (Lipinski definition) is 2. The van der Waals surface area contributed by atoms with E-state index in [9.17, 15) is 4.79 Å². The molecule has 1 aromatic heterocycles. The summed E-state index contributed by atoms with van der Waals surface area (Å²) in [4.78, 5) is 13.8. The van der Waals surface area contributed by atoms with Crippen LogP contribution in [-0.4, -0.2) is 42.8 Å². The Morgan fingerprint density at radius 2 is 2.19 bits per heavy atom. The Morgan fingerprint density at radius 1 is 1.52 bits per heavy atom. The first-order valence-electron chi connectivity index (χ1n) is 7.13. The van der Waals surface area contributed by atoms with Crippen LogP contribution >= 0.6 is 0 Å². The maximum Gasteiger partial charge on any atom is 0.407 e. The number of furan rings is 1. The van der Waals surface area contributed by atoms with Crippen LogP contribution in [0.2, 0.25) is 0 Å². The van der Waals surface area contributed by atoms with Gasteiger partial charge in [-0.1, -0.05) is 0 Å². The molecule has 0 saturated heterocycles. The molecule has 6 nitrogen and oxygen atoms in total. The number of nitrogens with two attached hydrogens (primary N) is 1. The minimum absolute atomic E-state index is 0.0341. The highest BCUT2D eigenvalue weighted by atomic mass is 16.6. The smallest absolute Gasteiger partial charge is 0.407 e. The van der Waals surface area contributed by atoms with Gasteiger partial charge in [0.25, 0.3) is 0 Å². The van der Waals surface area contributed by atoms with E-state index in [1.54, 1.807) is 6.26 Å². The lowest BCUT2D eigenvalue weighted by Crippen LogP contribution is -2.47. The third-order valence-corrected chi connectivity index (χ3v) is 3.16. The standard InChI is InChI=1S/C15H27N3O3/c1-11-12(6-7-20-11)10-18(5)13(8-16)9-17-14(19)21-15(2,3)4/h6-7,13H,8-10,16H2,1-5H3,(H,17,19). The molecule has 0 aliphatic rings. The minimum atomic E-state index is -0.498. The molecular weight excluding hydrogens is 270 g/mol. The van der Waals surface area contributed by atoms with E-state index in [1.807, 2.05) is 40.8 Å². The third-order valence-electron chi connectivity index (χ3n) is 3.16. The van der Waals surface area contributed by atoms with Crippen molar-refractivity contribution >= 4 is 6.09 Å². The summed E-state index contributed by atoms with van der Waals surface area (Å²) < 4.78 is 10.5. The fraction of sp³-hybridized carbons (Fsp3) is 0.667. The van der Waals surface area contributed by atoms with E-state index in [0.29, 0.717) is 13.1 Å². The van der Waals surface area contributed by atoms with Gasteiger partial charge in [-0.2, -0.15) is 0 Å². The maximum atomic E-state index is 11.7. The van der Waals surface area contributed by atoms with Crippen molar-refractivity contribution < 1.29 is 13.9 Å². The molecule has 1 amide bonds. The Kier molecular flexibility index (Phi) is 6.23. The van der Waals surface area contributed by atoms with Gasteiger partial charge in [0.2, 0.25) is 0 Å². The van der Waals surface area contributed by atoms with E-state index in [2.05, 4.69) is 10.2 Å². The molecule has 0 radical (unpaired) electrons. The van der Waals surface area contributed by atoms with Crippen LogP contribution in [0.1, 0.15) is 32.1 Å². The van der Waals surface area contributed by atoms with Gasteiger partial charge < -0.3 is 20.2 Å². The number of carbonyl (C=O) groups is 1. The summed E-state index contributed by atoms with van der Waals surface area (Å²) in [6, 6.07) is 1.98. The number of nitrogens with zero attached hydrogens (tertiary/aromatic N) is 1. The molecule has 0 bridgehead atoms. The number of likely N-dealkylation sites (N-methyl/N-ethyl adjacent to an activating group) is 1. The maximum absolute atomic E-state index is 11.7. The number of alkyl carbamates (subject to hydrolysis) is 1. The van der Waals surface area contributed by atoms with Crippen molar-refractivity contribution in [2.24, 2.45) is 5.73 Å². The number of ether oxygens (including phenoxy) is 1. The number of rotatable bonds is 6. The summed E-state index contributed by atoms with van der Waals surface area (Å²) in [6.07, 6.45) is 1.25. The van der Waals surface area contributed by atoms with Crippen LogP contribution in [0.5, 0.6) is 0 Å². The zero-order chi connectivity index (χ0) is 16.0. The molecule has 1 heterocycles. The minimum Gasteiger partial charge on any atom is -0.469 e. The predicted molar refractivity (Wildman–Crippen MR) is 82.0 cm³/mol. The van der Waals surface area contributed by atoms with Crippen molar-refractivity contribution in [1.29, 1.82) is 0 Å². The molecule has 0 aliphatic carbocycles. The van der Waals surface area contributed by atoms with Gasteiger partial charge in [0.1, 0.15) is 11.4 Å². The summed E-state index contributed by atoms with van der Waals surface area (Å²) in [6.45, 7) is 9.05. The van der Waals surface area contributed by atoms with Crippen molar-refractivity contribution in [3.8, 4) is 0 Å². The van der Waals surface area contributed by atoms with Crippen molar-refractivity contribution in [1.82, 2.24) is 10.2 Å². The van der Waals surface area contributed by atoms with Crippen LogP contribution in [0.3, 0.4) is 0 Å². The van der Waals surface area contributed by atoms with E-state index in [4.69, 9.17) is 14.9 Å². The average molecular weight is 297 g/mol. The van der Waals surface area contributed by atoms with Gasteiger partial charge in [-0.3, -0.25) is 4.90 Å². The van der Waals surface area contributed by atoms with Gasteiger partial charge in [-0.15, -0.1) is 0 Å². The fourth-order valence-corrected chi connectivity index (χ4v) is 1.91. The molecule has 0 fully saturated rings. The van der Waals surface area contributed by atoms with Gasteiger partial charge in [-0.05, 0) is 40.8 Å². The third kappa shape index (κ3) is 6.18. The van der Waals surface area contributed by atoms with E-state index >= 15 is 0 Å². The molecule has 3 N–H and O–H groups in total. The molecule has 0 saturated carbocycles. The Balaban J connectivity index is 2.47. The topological polar surface area (TPSA) is 80.7 Å². The summed E-state index contributed by atoms with van der Waals surface area (Å²) in [5, 5.41) is 2.76. The van der Waals surface area contributed by atoms with Crippen LogP contribution in [0.4, 0.5) is 4.79 Å². The molecule has 1 rings (SSSR count). The van der Waals surface area contributed by atoms with Crippen LogP contribution < -0.4 is 11.1 Å². The number of hydrogen-bond acceptors (Lipinski definition) is 5. The van der Waals surface area contributed by atoms with Gasteiger partial charge in [0.15, 0.2) is 0 Å². The molecule has 21 heavy (non-hydrogen) atoms. The Hall–Kier alpha value is -1.53. The number of nitrogens with one attached hydrogen (secondary N) is 1. The zero-order valence-electron chi connectivity index (χ0n) is 13.6. The second-order valence-electron chi connectivity index (χ2n) is 6.19. The monoisotopic (exact) mass is 297 g/mol. The van der Waals surface area contributed by atoms with Gasteiger partial charge in [0.05, 0.1) is 6.26 Å². The highest BCUT2D eigenvalue weighted by Gasteiger charge is 2.19. The molecule has 0 aliphatic heterocycles. The van der Waals surface area contributed by atoms with E-state index in [-0.39, 0.29) is 6.04 Å². The van der Waals surface area contributed by atoms with Crippen LogP contribution in [0, 0.1) is 6.92 Å². The Morgan fingerprint density at radius 3 is 2.67 bits per heavy atom. The van der Waals surface area contributed by atoms with Crippen LogP contribution in [-0.2, 0) is 11.3 Å². The van der Waals surface area contributed by atoms with Crippen LogP contribution in [0.15, 0.2) is 16.7 Å². The first-order valence-corrected chi connectivity index (χ1v) is 7.13. The van der Waals surface area contributed by atoms with Crippen molar-refractivity contribution in [2.75, 3.05) is 20.1 Å². The van der Waals surface area contributed by atoms with Crippen molar-refractivity contribution in [3.05, 3.63) is 23.7 Å². The van der Waals surface area contributed by atoms with E-state index < -0.39 is 11.7 Å². The normalized spacial score (nSPS) is 13.3. The molecule has 6 heteroatoms. The fourth-order valence-electron chi connectivity index (χ4n) is 1.91. The van der Waals surface area contributed by atoms with Gasteiger partial charge in [-0.25, -0.2) is 4.79 Å². The first kappa shape index (κ1) is 17.5. The van der Waals surface area contributed by atoms with Crippen molar-refractivity contribution in [3.63, 3.8) is 0 Å². The second kappa shape index (κ2) is 7.47. The first-order chi connectivity index (χ1) is 9.73. The lowest BCUT2D eigenvalue weighted by molar-refractivity contribution is 0.0511. The molecular formula is C15H27N3O3. The molecule has 0 aromatic carbocycles. The lowest BCUT2D eigenvalue weighted by Gasteiger charge is -2.27. The molecule has 0 spiro atoms. The molecule has 1 aromatic rings. The zero-order valence-corrected chi connectivity index (χ0v) is 13.6. The highest BCUT2D eigenvalue weighted by Crippen LogP contribution is 2.12. The molecule has 1 unspecified atom stereocenters. The van der Waals surface area contributed by atoms with Gasteiger partial charge in [0, 0.05) is 31.2 Å². The SMILES string of the molecule is Cc1occc1CN(C)C(CN)CNC(=O)OC(C)(C)C.